The molecule has 10 heteroatoms. The Balaban J connectivity index is 1.48. The van der Waals surface area contributed by atoms with Gasteiger partial charge in [-0.2, -0.15) is 0 Å². The lowest BCUT2D eigenvalue weighted by molar-refractivity contribution is 0.0245. The van der Waals surface area contributed by atoms with Crippen molar-refractivity contribution < 1.29 is 14.3 Å². The molecule has 0 unspecified atom stereocenters. The molecule has 4 rings (SSSR count). The second kappa shape index (κ2) is 8.96. The van der Waals surface area contributed by atoms with E-state index in [2.05, 4.69) is 15.1 Å². The molecular weight excluding hydrogens is 432 g/mol. The van der Waals surface area contributed by atoms with Crippen LogP contribution >= 0.6 is 11.6 Å². The molecule has 0 bridgehead atoms. The van der Waals surface area contributed by atoms with Crippen LogP contribution in [0.5, 0.6) is 5.88 Å². The minimum Gasteiger partial charge on any atom is -0.481 e. The van der Waals surface area contributed by atoms with Gasteiger partial charge in [0.1, 0.15) is 12.0 Å². The van der Waals surface area contributed by atoms with Crippen LogP contribution in [0, 0.1) is 0 Å². The molecule has 0 spiro atoms. The van der Waals surface area contributed by atoms with Crippen molar-refractivity contribution in [2.75, 3.05) is 20.2 Å². The van der Waals surface area contributed by atoms with Gasteiger partial charge in [-0.15, -0.1) is 5.10 Å². The molecular formula is C22H23ClN6O3. The van der Waals surface area contributed by atoms with E-state index in [1.807, 2.05) is 19.9 Å². The molecule has 1 aliphatic heterocycles. The van der Waals surface area contributed by atoms with Crippen molar-refractivity contribution in [2.45, 2.75) is 25.9 Å². The molecule has 1 aromatic carbocycles. The summed E-state index contributed by atoms with van der Waals surface area (Å²) in [5.41, 5.74) is 1.02. The molecule has 3 heterocycles. The third-order valence-electron chi connectivity index (χ3n) is 5.35. The second-order valence-corrected chi connectivity index (χ2v) is 8.11. The van der Waals surface area contributed by atoms with Gasteiger partial charge in [-0.1, -0.05) is 23.7 Å². The fourth-order valence-electron chi connectivity index (χ4n) is 3.91. The number of ether oxygens (including phenoxy) is 1. The summed E-state index contributed by atoms with van der Waals surface area (Å²) in [6.07, 6.45) is 1.49. The van der Waals surface area contributed by atoms with Gasteiger partial charge in [-0.25, -0.2) is 14.6 Å². The summed E-state index contributed by atoms with van der Waals surface area (Å²) in [5.74, 6) is 0.000360. The van der Waals surface area contributed by atoms with Crippen LogP contribution in [0.2, 0.25) is 5.02 Å². The number of halogens is 1. The van der Waals surface area contributed by atoms with Gasteiger partial charge < -0.3 is 14.5 Å². The second-order valence-electron chi connectivity index (χ2n) is 7.68. The summed E-state index contributed by atoms with van der Waals surface area (Å²) in [6, 6.07) is 11.8. The third kappa shape index (κ3) is 4.29. The monoisotopic (exact) mass is 454 g/mol. The Morgan fingerprint density at radius 1 is 1.06 bits per heavy atom. The maximum atomic E-state index is 13.1. The van der Waals surface area contributed by atoms with E-state index in [1.54, 1.807) is 46.2 Å². The number of piperazine rings is 1. The highest BCUT2D eigenvalue weighted by molar-refractivity contribution is 6.30. The number of rotatable bonds is 4. The molecule has 3 aromatic rings. The maximum absolute atomic E-state index is 13.1. The lowest BCUT2D eigenvalue weighted by atomic mass is 10.1. The molecule has 32 heavy (non-hydrogen) atoms. The van der Waals surface area contributed by atoms with E-state index < -0.39 is 0 Å². The van der Waals surface area contributed by atoms with Crippen LogP contribution in [0.15, 0.2) is 48.8 Å². The zero-order valence-electron chi connectivity index (χ0n) is 18.0. The number of hydrogen-bond donors (Lipinski definition) is 0. The van der Waals surface area contributed by atoms with Crippen LogP contribution in [-0.4, -0.2) is 73.6 Å². The minimum absolute atomic E-state index is 0.0959. The van der Waals surface area contributed by atoms with Crippen LogP contribution in [0.3, 0.4) is 0 Å². The number of carbonyl (C=O) groups is 2. The molecule has 9 nitrogen and oxygen atoms in total. The first kappa shape index (κ1) is 21.8. The average molecular weight is 455 g/mol. The van der Waals surface area contributed by atoms with E-state index in [1.165, 1.54) is 18.1 Å². The summed E-state index contributed by atoms with van der Waals surface area (Å²) in [7, 11) is 1.51. The van der Waals surface area contributed by atoms with Gasteiger partial charge in [0, 0.05) is 36.3 Å². The van der Waals surface area contributed by atoms with E-state index in [9.17, 15) is 9.59 Å². The summed E-state index contributed by atoms with van der Waals surface area (Å²) < 4.78 is 6.64. The quantitative estimate of drug-likeness (QED) is 0.601. The van der Waals surface area contributed by atoms with Gasteiger partial charge in [0.25, 0.3) is 11.8 Å². The van der Waals surface area contributed by atoms with E-state index in [-0.39, 0.29) is 29.7 Å². The summed E-state index contributed by atoms with van der Waals surface area (Å²) in [6.45, 7) is 4.55. The molecule has 0 N–H and O–H groups in total. The van der Waals surface area contributed by atoms with Gasteiger partial charge in [0.05, 0.1) is 12.8 Å². The van der Waals surface area contributed by atoms with Crippen LogP contribution in [-0.2, 0) is 0 Å². The number of aromatic nitrogens is 4. The fraction of sp³-hybridized carbons (Fsp3) is 0.318. The molecule has 0 aliphatic carbocycles. The van der Waals surface area contributed by atoms with E-state index in [0.717, 1.165) is 0 Å². The molecule has 2 amide bonds. The van der Waals surface area contributed by atoms with E-state index in [4.69, 9.17) is 16.3 Å². The molecule has 1 aliphatic rings. The first-order valence-electron chi connectivity index (χ1n) is 10.2. The van der Waals surface area contributed by atoms with E-state index in [0.29, 0.717) is 35.4 Å². The number of amides is 2. The Hall–Kier alpha value is -3.46. The standard InChI is InChI=1S/C22H23ClN6O3/c1-14-11-27(12-15(2)29(14)21(30)18-8-5-9-19(25-18)32-3)22(31)20-24-13-28(26-20)17-7-4-6-16(23)10-17/h4-10,13-15H,11-12H2,1-3H3/t14-,15+. The normalized spacial score (nSPS) is 18.5. The van der Waals surface area contributed by atoms with Crippen molar-refractivity contribution in [2.24, 2.45) is 0 Å². The number of nitrogens with zero attached hydrogens (tertiary/aromatic N) is 6. The highest BCUT2D eigenvalue weighted by Crippen LogP contribution is 2.21. The summed E-state index contributed by atoms with van der Waals surface area (Å²) in [4.78, 5) is 38.0. The predicted molar refractivity (Wildman–Crippen MR) is 118 cm³/mol. The third-order valence-corrected chi connectivity index (χ3v) is 5.58. The van der Waals surface area contributed by atoms with Crippen LogP contribution < -0.4 is 4.74 Å². The first-order valence-corrected chi connectivity index (χ1v) is 10.6. The maximum Gasteiger partial charge on any atom is 0.293 e. The summed E-state index contributed by atoms with van der Waals surface area (Å²) in [5, 5.41) is 4.89. The average Bonchev–Trinajstić information content (AvgIpc) is 3.28. The SMILES string of the molecule is COc1cccc(C(=O)N2[C@H](C)CN(C(=O)c3ncn(-c4cccc(Cl)c4)n3)C[C@@H]2C)n1. The first-order chi connectivity index (χ1) is 15.4. The van der Waals surface area contributed by atoms with Gasteiger partial charge in [-0.05, 0) is 38.1 Å². The van der Waals surface area contributed by atoms with Crippen molar-refractivity contribution >= 4 is 23.4 Å². The van der Waals surface area contributed by atoms with Crippen LogP contribution in [0.4, 0.5) is 0 Å². The van der Waals surface area contributed by atoms with Gasteiger partial charge in [0.15, 0.2) is 0 Å². The Labute approximate surface area is 190 Å². The van der Waals surface area contributed by atoms with Crippen LogP contribution in [0.25, 0.3) is 5.69 Å². The largest absolute Gasteiger partial charge is 0.481 e. The van der Waals surface area contributed by atoms with Crippen molar-refractivity contribution in [1.29, 1.82) is 0 Å². The van der Waals surface area contributed by atoms with Crippen molar-refractivity contribution in [3.05, 3.63) is 65.3 Å². The molecule has 0 saturated carbocycles. The van der Waals surface area contributed by atoms with Crippen molar-refractivity contribution in [3.8, 4) is 11.6 Å². The molecule has 0 radical (unpaired) electrons. The molecule has 2 aromatic heterocycles. The number of methoxy groups -OCH3 is 1. The molecule has 1 saturated heterocycles. The zero-order valence-corrected chi connectivity index (χ0v) is 18.7. The lowest BCUT2D eigenvalue weighted by Gasteiger charge is -2.44. The Morgan fingerprint density at radius 2 is 1.78 bits per heavy atom. The number of pyridine rings is 1. The van der Waals surface area contributed by atoms with Crippen molar-refractivity contribution in [3.63, 3.8) is 0 Å². The van der Waals surface area contributed by atoms with Crippen molar-refractivity contribution in [1.82, 2.24) is 29.5 Å². The van der Waals surface area contributed by atoms with Gasteiger partial charge in [-0.3, -0.25) is 9.59 Å². The highest BCUT2D eigenvalue weighted by Gasteiger charge is 2.36. The highest BCUT2D eigenvalue weighted by atomic mass is 35.5. The lowest BCUT2D eigenvalue weighted by Crippen LogP contribution is -2.60. The zero-order chi connectivity index (χ0) is 22.8. The van der Waals surface area contributed by atoms with E-state index >= 15 is 0 Å². The fourth-order valence-corrected chi connectivity index (χ4v) is 4.10. The molecule has 1 fully saturated rings. The number of carbonyl (C=O) groups excluding carboxylic acids is 2. The smallest absolute Gasteiger partial charge is 0.293 e. The Bertz CT molecular complexity index is 1140. The Morgan fingerprint density at radius 3 is 2.47 bits per heavy atom. The van der Waals surface area contributed by atoms with Crippen LogP contribution in [0.1, 0.15) is 35.0 Å². The Kier molecular flexibility index (Phi) is 6.09. The number of hydrogen-bond acceptors (Lipinski definition) is 6. The summed E-state index contributed by atoms with van der Waals surface area (Å²) >= 11 is 6.04. The minimum atomic E-state index is -0.281. The molecule has 166 valence electrons. The number of benzene rings is 1. The predicted octanol–water partition coefficient (Wildman–Crippen LogP) is 2.70. The molecule has 2 atom stereocenters. The van der Waals surface area contributed by atoms with Gasteiger partial charge in [0.2, 0.25) is 11.7 Å². The topological polar surface area (TPSA) is 93.5 Å². The van der Waals surface area contributed by atoms with Gasteiger partial charge >= 0.3 is 0 Å².